The highest BCUT2D eigenvalue weighted by molar-refractivity contribution is 7.89. The number of rotatable bonds is 8. The molecule has 0 saturated heterocycles. The number of benzene rings is 2. The van der Waals surface area contributed by atoms with E-state index in [-0.39, 0.29) is 28.8 Å². The van der Waals surface area contributed by atoms with Crippen LogP contribution in [0.3, 0.4) is 0 Å². The number of carbonyl (C=O) groups excluding carboxylic acids is 1. The monoisotopic (exact) mass is 390 g/mol. The zero-order chi connectivity index (χ0) is 20.0. The highest BCUT2D eigenvalue weighted by atomic mass is 32.2. The molecule has 8 heteroatoms. The van der Waals surface area contributed by atoms with Crippen LogP contribution in [0.5, 0.6) is 0 Å². The summed E-state index contributed by atoms with van der Waals surface area (Å²) in [5.74, 6) is -1.17. The molecule has 2 aromatic rings. The molecule has 0 unspecified atom stereocenters. The van der Waals surface area contributed by atoms with Crippen LogP contribution in [-0.4, -0.2) is 31.9 Å². The molecule has 0 saturated carbocycles. The molecular formula is C19H22N2O5S. The van der Waals surface area contributed by atoms with Crippen molar-refractivity contribution in [3.05, 3.63) is 65.2 Å². The average Bonchev–Trinajstić information content (AvgIpc) is 2.65. The number of hydrogen-bond donors (Lipinski definition) is 3. The van der Waals surface area contributed by atoms with E-state index >= 15 is 0 Å². The lowest BCUT2D eigenvalue weighted by atomic mass is 10.1. The van der Waals surface area contributed by atoms with Crippen molar-refractivity contribution in [2.45, 2.75) is 25.3 Å². The van der Waals surface area contributed by atoms with Gasteiger partial charge < -0.3 is 10.4 Å². The van der Waals surface area contributed by atoms with Crippen LogP contribution >= 0.6 is 0 Å². The predicted molar refractivity (Wildman–Crippen MR) is 101 cm³/mol. The van der Waals surface area contributed by atoms with Gasteiger partial charge in [-0.3, -0.25) is 4.79 Å². The molecule has 2 aromatic carbocycles. The molecule has 0 aliphatic rings. The number of amides is 1. The summed E-state index contributed by atoms with van der Waals surface area (Å²) < 4.78 is 26.8. The van der Waals surface area contributed by atoms with Gasteiger partial charge in [0.25, 0.3) is 5.91 Å². The Labute approximate surface area is 158 Å². The molecule has 0 aliphatic carbocycles. The number of aromatic carboxylic acids is 1. The minimum atomic E-state index is -3.59. The van der Waals surface area contributed by atoms with Crippen LogP contribution in [0.25, 0.3) is 0 Å². The van der Waals surface area contributed by atoms with E-state index in [2.05, 4.69) is 10.0 Å². The van der Waals surface area contributed by atoms with Gasteiger partial charge in [0.2, 0.25) is 10.0 Å². The van der Waals surface area contributed by atoms with Crippen molar-refractivity contribution >= 4 is 21.9 Å². The third-order valence-electron chi connectivity index (χ3n) is 3.76. The SMILES string of the molecule is CC(C)CNS(=O)(=O)c1ccc(C(=O)NCc2ccc(C(=O)O)cc2)cc1. The van der Waals surface area contributed by atoms with Gasteiger partial charge >= 0.3 is 5.97 Å². The van der Waals surface area contributed by atoms with E-state index in [0.29, 0.717) is 12.1 Å². The minimum absolute atomic E-state index is 0.101. The molecule has 0 bridgehead atoms. The molecule has 0 aliphatic heterocycles. The predicted octanol–water partition coefficient (Wildman–Crippen LogP) is 2.25. The van der Waals surface area contributed by atoms with Crippen LogP contribution in [0.1, 0.15) is 40.1 Å². The Morgan fingerprint density at radius 3 is 2.04 bits per heavy atom. The van der Waals surface area contributed by atoms with E-state index in [1.807, 2.05) is 13.8 Å². The Balaban J connectivity index is 1.98. The third kappa shape index (κ3) is 5.90. The summed E-state index contributed by atoms with van der Waals surface area (Å²) in [5, 5.41) is 11.6. The lowest BCUT2D eigenvalue weighted by Gasteiger charge is -2.10. The fourth-order valence-electron chi connectivity index (χ4n) is 2.19. The highest BCUT2D eigenvalue weighted by Crippen LogP contribution is 2.11. The van der Waals surface area contributed by atoms with E-state index in [1.165, 1.54) is 36.4 Å². The first-order chi connectivity index (χ1) is 12.7. The van der Waals surface area contributed by atoms with Gasteiger partial charge in [-0.25, -0.2) is 17.9 Å². The van der Waals surface area contributed by atoms with Crippen molar-refractivity contribution in [1.82, 2.24) is 10.0 Å². The number of carboxylic acids is 1. The number of nitrogens with one attached hydrogen (secondary N) is 2. The minimum Gasteiger partial charge on any atom is -0.478 e. The maximum Gasteiger partial charge on any atom is 0.335 e. The Morgan fingerprint density at radius 2 is 1.52 bits per heavy atom. The standard InChI is InChI=1S/C19H22N2O5S/c1-13(2)11-21-27(25,26)17-9-7-15(8-10-17)18(22)20-12-14-3-5-16(6-4-14)19(23)24/h3-10,13,21H,11-12H2,1-2H3,(H,20,22)(H,23,24). The van der Waals surface area contributed by atoms with Gasteiger partial charge in [-0.05, 0) is 47.9 Å². The van der Waals surface area contributed by atoms with Gasteiger partial charge in [0.15, 0.2) is 0 Å². The number of hydrogen-bond acceptors (Lipinski definition) is 4. The van der Waals surface area contributed by atoms with E-state index in [1.54, 1.807) is 12.1 Å². The lowest BCUT2D eigenvalue weighted by molar-refractivity contribution is 0.0696. The fourth-order valence-corrected chi connectivity index (χ4v) is 3.41. The van der Waals surface area contributed by atoms with Crippen LogP contribution in [0.4, 0.5) is 0 Å². The van der Waals surface area contributed by atoms with Gasteiger partial charge in [0.05, 0.1) is 10.5 Å². The molecule has 0 heterocycles. The number of sulfonamides is 1. The smallest absolute Gasteiger partial charge is 0.335 e. The molecule has 0 radical (unpaired) electrons. The van der Waals surface area contributed by atoms with Gasteiger partial charge in [-0.15, -0.1) is 0 Å². The van der Waals surface area contributed by atoms with Gasteiger partial charge in [0.1, 0.15) is 0 Å². The summed E-state index contributed by atoms with van der Waals surface area (Å²) in [5.41, 5.74) is 1.26. The number of carbonyl (C=O) groups is 2. The van der Waals surface area contributed by atoms with Crippen LogP contribution < -0.4 is 10.0 Å². The Kier molecular flexibility index (Phi) is 6.70. The maximum atomic E-state index is 12.2. The van der Waals surface area contributed by atoms with E-state index in [0.717, 1.165) is 5.56 Å². The summed E-state index contributed by atoms with van der Waals surface area (Å²) in [7, 11) is -3.59. The third-order valence-corrected chi connectivity index (χ3v) is 5.20. The first kappa shape index (κ1) is 20.6. The fraction of sp³-hybridized carbons (Fsp3) is 0.263. The topological polar surface area (TPSA) is 113 Å². The van der Waals surface area contributed by atoms with Crippen LogP contribution in [-0.2, 0) is 16.6 Å². The first-order valence-corrected chi connectivity index (χ1v) is 9.87. The lowest BCUT2D eigenvalue weighted by Crippen LogP contribution is -2.27. The normalized spacial score (nSPS) is 11.4. The summed E-state index contributed by atoms with van der Waals surface area (Å²) in [6.07, 6.45) is 0. The van der Waals surface area contributed by atoms with Crippen LogP contribution in [0, 0.1) is 5.92 Å². The quantitative estimate of drug-likeness (QED) is 0.640. The summed E-state index contributed by atoms with van der Waals surface area (Å²) in [6, 6.07) is 11.9. The van der Waals surface area contributed by atoms with Crippen molar-refractivity contribution in [2.24, 2.45) is 5.92 Å². The summed E-state index contributed by atoms with van der Waals surface area (Å²) in [6.45, 7) is 4.39. The molecule has 1 amide bonds. The largest absolute Gasteiger partial charge is 0.478 e. The average molecular weight is 390 g/mol. The van der Waals surface area contributed by atoms with Crippen LogP contribution in [0.2, 0.25) is 0 Å². The zero-order valence-corrected chi connectivity index (χ0v) is 15.9. The molecule has 0 atom stereocenters. The zero-order valence-electron chi connectivity index (χ0n) is 15.1. The van der Waals surface area contributed by atoms with Crippen molar-refractivity contribution < 1.29 is 23.1 Å². The molecular weight excluding hydrogens is 368 g/mol. The van der Waals surface area contributed by atoms with Gasteiger partial charge in [0, 0.05) is 18.7 Å². The van der Waals surface area contributed by atoms with Crippen LogP contribution in [0.15, 0.2) is 53.4 Å². The first-order valence-electron chi connectivity index (χ1n) is 8.39. The Morgan fingerprint density at radius 1 is 0.963 bits per heavy atom. The maximum absolute atomic E-state index is 12.2. The highest BCUT2D eigenvalue weighted by Gasteiger charge is 2.15. The second-order valence-electron chi connectivity index (χ2n) is 6.45. The van der Waals surface area contributed by atoms with E-state index < -0.39 is 16.0 Å². The Bertz CT molecular complexity index is 904. The molecule has 2 rings (SSSR count). The van der Waals surface area contributed by atoms with Crippen molar-refractivity contribution in [3.8, 4) is 0 Å². The van der Waals surface area contributed by atoms with Gasteiger partial charge in [-0.1, -0.05) is 26.0 Å². The molecule has 0 fully saturated rings. The van der Waals surface area contributed by atoms with Crippen molar-refractivity contribution in [1.29, 1.82) is 0 Å². The second-order valence-corrected chi connectivity index (χ2v) is 8.22. The van der Waals surface area contributed by atoms with E-state index in [4.69, 9.17) is 5.11 Å². The Hall–Kier alpha value is -2.71. The van der Waals surface area contributed by atoms with Crippen molar-refractivity contribution in [2.75, 3.05) is 6.54 Å². The van der Waals surface area contributed by atoms with Gasteiger partial charge in [-0.2, -0.15) is 0 Å². The molecule has 0 spiro atoms. The summed E-state index contributed by atoms with van der Waals surface area (Å²) in [4.78, 5) is 23.1. The molecule has 27 heavy (non-hydrogen) atoms. The second kappa shape index (κ2) is 8.79. The van der Waals surface area contributed by atoms with Crippen molar-refractivity contribution in [3.63, 3.8) is 0 Å². The molecule has 144 valence electrons. The number of carboxylic acid groups (broad SMARTS) is 1. The molecule has 0 aromatic heterocycles. The summed E-state index contributed by atoms with van der Waals surface area (Å²) >= 11 is 0. The molecule has 7 nitrogen and oxygen atoms in total. The van der Waals surface area contributed by atoms with E-state index in [9.17, 15) is 18.0 Å². The molecule has 3 N–H and O–H groups in total.